The van der Waals surface area contributed by atoms with Gasteiger partial charge in [0.25, 0.3) is 0 Å². The molecule has 0 bridgehead atoms. The normalized spacial score (nSPS) is 17.5. The summed E-state index contributed by atoms with van der Waals surface area (Å²) in [6.07, 6.45) is 1.81. The monoisotopic (exact) mass is 757 g/mol. The number of fused-ring (bicyclic) bond motifs is 1. The first-order valence-corrected chi connectivity index (χ1v) is 18.8. The van der Waals surface area contributed by atoms with Crippen LogP contribution in [0.15, 0.2) is 106 Å². The van der Waals surface area contributed by atoms with Crippen molar-refractivity contribution in [1.29, 1.82) is 0 Å². The van der Waals surface area contributed by atoms with Gasteiger partial charge in [-0.2, -0.15) is 15.0 Å². The Hall–Kier alpha value is -6.19. The molecule has 55 heavy (non-hydrogen) atoms. The van der Waals surface area contributed by atoms with E-state index in [-0.39, 0.29) is 34.2 Å². The molecule has 2 aliphatic heterocycles. The van der Waals surface area contributed by atoms with Crippen LogP contribution in [0.1, 0.15) is 16.5 Å². The van der Waals surface area contributed by atoms with Crippen molar-refractivity contribution < 1.29 is 19.1 Å². The summed E-state index contributed by atoms with van der Waals surface area (Å²) in [7, 11) is 3.63. The van der Waals surface area contributed by atoms with Gasteiger partial charge in [-0.05, 0) is 78.7 Å². The van der Waals surface area contributed by atoms with Crippen LogP contribution in [0.3, 0.4) is 0 Å². The topological polar surface area (TPSA) is 153 Å². The van der Waals surface area contributed by atoms with E-state index in [1.807, 2.05) is 92.8 Å². The maximum atomic E-state index is 14.2. The summed E-state index contributed by atoms with van der Waals surface area (Å²) in [5.41, 5.74) is 3.13. The molecule has 3 aromatic carbocycles. The summed E-state index contributed by atoms with van der Waals surface area (Å²) in [5.74, 6) is 2.20. The lowest BCUT2D eigenvalue weighted by atomic mass is 10.1. The van der Waals surface area contributed by atoms with Gasteiger partial charge in [-0.1, -0.05) is 18.2 Å². The molecule has 280 valence electrons. The smallest absolute Gasteiger partial charge is 0.336 e. The number of phenols is 1. The lowest BCUT2D eigenvalue weighted by Crippen LogP contribution is -2.49. The highest BCUT2D eigenvalue weighted by atomic mass is 32.2. The van der Waals surface area contributed by atoms with Gasteiger partial charge in [-0.3, -0.25) is 14.6 Å². The zero-order chi connectivity index (χ0) is 38.1. The van der Waals surface area contributed by atoms with Crippen molar-refractivity contribution >= 4 is 57.7 Å². The quantitative estimate of drug-likeness (QED) is 0.158. The van der Waals surface area contributed by atoms with E-state index < -0.39 is 5.63 Å². The molecule has 2 fully saturated rings. The number of pyridine rings is 1. The standard InChI is InChI=1S/C40H39N9O5S/c1-25-22-35(51)54-32-23-30(15-16-31(25)32)53-40-44-38(43-39(45-40)46(2)3)42-27-9-11-28(12-10-27)49-36(52)33(55-37(49)26-7-13-29(50)14-8-26)24-47-18-20-48(21-19-47)34-6-4-5-17-41-34/h4-17,22-23,33,37,50H,18-21,24H2,1-3H3,(H,42,43,44,45). The van der Waals surface area contributed by atoms with Crippen LogP contribution in [0.2, 0.25) is 0 Å². The Morgan fingerprint density at radius 1 is 0.927 bits per heavy atom. The highest BCUT2D eigenvalue weighted by Crippen LogP contribution is 2.46. The molecule has 0 saturated carbocycles. The van der Waals surface area contributed by atoms with E-state index in [9.17, 15) is 14.7 Å². The Labute approximate surface area is 321 Å². The SMILES string of the molecule is Cc1cc(=O)oc2cc(Oc3nc(Nc4ccc(N5C(=O)C(CN6CCN(c7ccccn7)CC6)SC5c5ccc(O)cc5)cc4)nc(N(C)C)n3)ccc12. The molecule has 0 aliphatic carbocycles. The van der Waals surface area contributed by atoms with Crippen molar-refractivity contribution in [2.45, 2.75) is 17.5 Å². The van der Waals surface area contributed by atoms with Crippen molar-refractivity contribution in [3.8, 4) is 17.5 Å². The Morgan fingerprint density at radius 3 is 2.44 bits per heavy atom. The largest absolute Gasteiger partial charge is 0.508 e. The number of amides is 1. The molecule has 2 N–H and O–H groups in total. The minimum Gasteiger partial charge on any atom is -0.508 e. The van der Waals surface area contributed by atoms with Crippen molar-refractivity contribution in [2.75, 3.05) is 66.8 Å². The number of piperazine rings is 1. The van der Waals surface area contributed by atoms with Gasteiger partial charge >= 0.3 is 11.6 Å². The number of benzene rings is 3. The van der Waals surface area contributed by atoms with Crippen LogP contribution in [0, 0.1) is 6.92 Å². The number of aromatic hydroxyl groups is 1. The maximum absolute atomic E-state index is 14.2. The first-order valence-electron chi connectivity index (χ1n) is 17.9. The van der Waals surface area contributed by atoms with E-state index in [0.717, 1.165) is 54.2 Å². The second-order valence-corrected chi connectivity index (χ2v) is 14.9. The Balaban J connectivity index is 0.996. The van der Waals surface area contributed by atoms with E-state index in [4.69, 9.17) is 9.15 Å². The van der Waals surface area contributed by atoms with Gasteiger partial charge in [0.1, 0.15) is 28.3 Å². The number of nitrogens with one attached hydrogen (secondary N) is 1. The molecular formula is C40H39N9O5S. The number of aryl methyl sites for hydroxylation is 1. The first-order chi connectivity index (χ1) is 26.7. The number of hydrogen-bond donors (Lipinski definition) is 2. The molecule has 2 unspecified atom stereocenters. The molecule has 0 radical (unpaired) electrons. The van der Waals surface area contributed by atoms with E-state index in [1.54, 1.807) is 40.9 Å². The van der Waals surface area contributed by atoms with E-state index in [2.05, 4.69) is 35.1 Å². The number of rotatable bonds is 10. The number of phenolic OH excluding ortho intramolecular Hbond substituents is 1. The predicted octanol–water partition coefficient (Wildman–Crippen LogP) is 5.96. The van der Waals surface area contributed by atoms with Crippen LogP contribution in [-0.4, -0.2) is 87.9 Å². The number of carbonyl (C=O) groups is 1. The summed E-state index contributed by atoms with van der Waals surface area (Å²) in [4.78, 5) is 52.4. The molecule has 2 saturated heterocycles. The third kappa shape index (κ3) is 7.88. The van der Waals surface area contributed by atoms with Gasteiger partial charge in [-0.15, -0.1) is 11.8 Å². The number of anilines is 5. The van der Waals surface area contributed by atoms with Crippen LogP contribution in [0.4, 0.5) is 29.1 Å². The minimum atomic E-state index is -0.440. The van der Waals surface area contributed by atoms with Gasteiger partial charge in [0.15, 0.2) is 0 Å². The van der Waals surface area contributed by atoms with Gasteiger partial charge < -0.3 is 29.4 Å². The number of aromatic nitrogens is 4. The van der Waals surface area contributed by atoms with Gasteiger partial charge in [-0.25, -0.2) is 9.78 Å². The summed E-state index contributed by atoms with van der Waals surface area (Å²) in [6.45, 7) is 5.84. The molecule has 14 nitrogen and oxygen atoms in total. The van der Waals surface area contributed by atoms with Crippen LogP contribution in [-0.2, 0) is 4.79 Å². The molecule has 6 aromatic rings. The average Bonchev–Trinajstić information content (AvgIpc) is 3.50. The Morgan fingerprint density at radius 2 is 1.71 bits per heavy atom. The lowest BCUT2D eigenvalue weighted by molar-refractivity contribution is -0.118. The van der Waals surface area contributed by atoms with Gasteiger partial charge in [0.05, 0.1) is 5.25 Å². The molecule has 2 atom stereocenters. The van der Waals surface area contributed by atoms with Gasteiger partial charge in [0, 0.05) is 81.9 Å². The van der Waals surface area contributed by atoms with Crippen LogP contribution < -0.4 is 30.4 Å². The first kappa shape index (κ1) is 35.8. The predicted molar refractivity (Wildman–Crippen MR) is 214 cm³/mol. The third-order valence-corrected chi connectivity index (χ3v) is 10.9. The molecule has 8 rings (SSSR count). The van der Waals surface area contributed by atoms with Crippen molar-refractivity contribution in [3.63, 3.8) is 0 Å². The molecular weight excluding hydrogens is 719 g/mol. The Bertz CT molecular complexity index is 2370. The summed E-state index contributed by atoms with van der Waals surface area (Å²) < 4.78 is 11.4. The number of carbonyl (C=O) groups excluding carboxylic acids is 1. The minimum absolute atomic E-state index is 0.0361. The highest BCUT2D eigenvalue weighted by molar-refractivity contribution is 8.01. The molecule has 5 heterocycles. The van der Waals surface area contributed by atoms with Crippen molar-refractivity contribution in [2.24, 2.45) is 0 Å². The second kappa shape index (κ2) is 15.3. The van der Waals surface area contributed by atoms with Crippen LogP contribution in [0.5, 0.6) is 17.5 Å². The van der Waals surface area contributed by atoms with Crippen molar-refractivity contribution in [1.82, 2.24) is 24.8 Å². The summed E-state index contributed by atoms with van der Waals surface area (Å²) in [5, 5.41) is 13.5. The lowest BCUT2D eigenvalue weighted by Gasteiger charge is -2.36. The molecule has 3 aromatic heterocycles. The summed E-state index contributed by atoms with van der Waals surface area (Å²) in [6, 6.07) is 27.3. The van der Waals surface area contributed by atoms with E-state index in [1.165, 1.54) is 6.07 Å². The highest BCUT2D eigenvalue weighted by Gasteiger charge is 2.43. The van der Waals surface area contributed by atoms with E-state index >= 15 is 0 Å². The fraction of sp³-hybridized carbons (Fsp3) is 0.250. The zero-order valence-corrected chi connectivity index (χ0v) is 31.3. The fourth-order valence-corrected chi connectivity index (χ4v) is 8.19. The average molecular weight is 758 g/mol. The van der Waals surface area contributed by atoms with E-state index in [0.29, 0.717) is 29.5 Å². The number of hydrogen-bond acceptors (Lipinski definition) is 14. The van der Waals surface area contributed by atoms with Gasteiger partial charge in [0.2, 0.25) is 17.8 Å². The second-order valence-electron chi connectivity index (χ2n) is 13.6. The third-order valence-electron chi connectivity index (χ3n) is 9.53. The van der Waals surface area contributed by atoms with Crippen LogP contribution in [0.25, 0.3) is 11.0 Å². The van der Waals surface area contributed by atoms with Crippen molar-refractivity contribution in [3.05, 3.63) is 119 Å². The molecule has 2 aliphatic rings. The summed E-state index contributed by atoms with van der Waals surface area (Å²) >= 11 is 1.63. The zero-order valence-electron chi connectivity index (χ0n) is 30.5. The fourth-order valence-electron chi connectivity index (χ4n) is 6.69. The number of nitrogens with zero attached hydrogens (tertiary/aromatic N) is 8. The number of ether oxygens (including phenoxy) is 1. The number of thioether (sulfide) groups is 1. The molecule has 15 heteroatoms. The molecule has 0 spiro atoms. The van der Waals surface area contributed by atoms with Crippen LogP contribution >= 0.6 is 11.8 Å². The maximum Gasteiger partial charge on any atom is 0.336 e. The molecule has 1 amide bonds. The Kier molecular flexibility index (Phi) is 9.95.